The largest absolute Gasteiger partial charge is 0.478 e. The number of rotatable bonds is 3. The summed E-state index contributed by atoms with van der Waals surface area (Å²) < 4.78 is 13.0. The van der Waals surface area contributed by atoms with E-state index in [0.29, 0.717) is 5.69 Å². The van der Waals surface area contributed by atoms with Crippen LogP contribution in [0.5, 0.6) is 0 Å². The first-order valence-corrected chi connectivity index (χ1v) is 5.70. The number of carboxylic acid groups (broad SMARTS) is 1. The molecule has 4 N–H and O–H groups in total. The molecule has 0 aliphatic carbocycles. The molecule has 2 aromatic carbocycles. The van der Waals surface area contributed by atoms with Gasteiger partial charge in [-0.25, -0.2) is 9.18 Å². The van der Waals surface area contributed by atoms with Crippen LogP contribution in [0, 0.1) is 5.82 Å². The van der Waals surface area contributed by atoms with Gasteiger partial charge in [-0.1, -0.05) is 17.7 Å². The maximum absolute atomic E-state index is 13.0. The van der Waals surface area contributed by atoms with Crippen LogP contribution < -0.4 is 11.1 Å². The van der Waals surface area contributed by atoms with E-state index in [1.54, 1.807) is 12.1 Å². The van der Waals surface area contributed by atoms with Crippen molar-refractivity contribution in [3.63, 3.8) is 0 Å². The molecule has 0 unspecified atom stereocenters. The monoisotopic (exact) mass is 280 g/mol. The highest BCUT2D eigenvalue weighted by Gasteiger charge is 2.13. The zero-order chi connectivity index (χ0) is 14.0. The molecule has 0 heterocycles. The SMILES string of the molecule is Nc1cccc(C(=O)O)c1Nc1ccc(F)c(Cl)c1. The van der Waals surface area contributed by atoms with Crippen LogP contribution in [0.3, 0.4) is 0 Å². The number of benzene rings is 2. The maximum atomic E-state index is 13.0. The lowest BCUT2D eigenvalue weighted by Crippen LogP contribution is -2.05. The number of aromatic carboxylic acids is 1. The summed E-state index contributed by atoms with van der Waals surface area (Å²) in [7, 11) is 0. The summed E-state index contributed by atoms with van der Waals surface area (Å²) >= 11 is 5.66. The highest BCUT2D eigenvalue weighted by Crippen LogP contribution is 2.29. The molecule has 2 aromatic rings. The molecule has 0 bridgehead atoms. The van der Waals surface area contributed by atoms with Crippen LogP contribution in [0.1, 0.15) is 10.4 Å². The van der Waals surface area contributed by atoms with Gasteiger partial charge in [0.2, 0.25) is 0 Å². The minimum atomic E-state index is -1.11. The first-order valence-electron chi connectivity index (χ1n) is 5.33. The molecule has 0 spiro atoms. The van der Waals surface area contributed by atoms with Crippen LogP contribution in [0.25, 0.3) is 0 Å². The Bertz CT molecular complexity index is 647. The van der Waals surface area contributed by atoms with E-state index in [2.05, 4.69) is 5.32 Å². The van der Waals surface area contributed by atoms with Crippen molar-refractivity contribution >= 4 is 34.6 Å². The molecule has 0 fully saturated rings. The zero-order valence-electron chi connectivity index (χ0n) is 9.65. The minimum Gasteiger partial charge on any atom is -0.478 e. The fraction of sp³-hybridized carbons (Fsp3) is 0. The standard InChI is InChI=1S/C13H10ClFN2O2/c14-9-6-7(4-5-10(9)15)17-12-8(13(18)19)2-1-3-11(12)16/h1-6,17H,16H2,(H,18,19). The molecular formula is C13H10ClFN2O2. The highest BCUT2D eigenvalue weighted by atomic mass is 35.5. The predicted molar refractivity (Wildman–Crippen MR) is 72.5 cm³/mol. The van der Waals surface area contributed by atoms with Crippen LogP contribution in [0.2, 0.25) is 5.02 Å². The second-order valence-corrected chi connectivity index (χ2v) is 4.24. The Kier molecular flexibility index (Phi) is 3.57. The van der Waals surface area contributed by atoms with Gasteiger partial charge in [0.25, 0.3) is 0 Å². The number of carbonyl (C=O) groups is 1. The van der Waals surface area contributed by atoms with Crippen molar-refractivity contribution in [3.8, 4) is 0 Å². The molecule has 6 heteroatoms. The molecule has 0 aliphatic rings. The second kappa shape index (κ2) is 5.16. The van der Waals surface area contributed by atoms with Crippen LogP contribution in [0.15, 0.2) is 36.4 Å². The average molecular weight is 281 g/mol. The normalized spacial score (nSPS) is 10.2. The lowest BCUT2D eigenvalue weighted by atomic mass is 10.1. The first-order chi connectivity index (χ1) is 8.99. The molecule has 0 aliphatic heterocycles. The second-order valence-electron chi connectivity index (χ2n) is 3.83. The number of carboxylic acids is 1. The summed E-state index contributed by atoms with van der Waals surface area (Å²) in [6, 6.07) is 8.52. The third kappa shape index (κ3) is 2.77. The van der Waals surface area contributed by atoms with Crippen molar-refractivity contribution < 1.29 is 14.3 Å². The van der Waals surface area contributed by atoms with Gasteiger partial charge in [0.05, 0.1) is 22.0 Å². The molecule has 98 valence electrons. The van der Waals surface area contributed by atoms with Gasteiger partial charge in [-0.15, -0.1) is 0 Å². The van der Waals surface area contributed by atoms with Crippen LogP contribution in [-0.2, 0) is 0 Å². The number of halogens is 2. The molecule has 2 rings (SSSR count). The van der Waals surface area contributed by atoms with Crippen molar-refractivity contribution in [2.24, 2.45) is 0 Å². The molecule has 0 atom stereocenters. The van der Waals surface area contributed by atoms with E-state index in [1.165, 1.54) is 24.3 Å². The van der Waals surface area contributed by atoms with Crippen molar-refractivity contribution in [2.45, 2.75) is 0 Å². The lowest BCUT2D eigenvalue weighted by Gasteiger charge is -2.12. The lowest BCUT2D eigenvalue weighted by molar-refractivity contribution is 0.0698. The number of hydrogen-bond donors (Lipinski definition) is 3. The Morgan fingerprint density at radius 1 is 1.32 bits per heavy atom. The van der Waals surface area contributed by atoms with Gasteiger partial charge in [0.1, 0.15) is 5.82 Å². The Labute approximate surface area is 113 Å². The minimum absolute atomic E-state index is 0.0282. The quantitative estimate of drug-likeness (QED) is 0.752. The zero-order valence-corrected chi connectivity index (χ0v) is 10.4. The number of para-hydroxylation sites is 1. The summed E-state index contributed by atoms with van der Waals surface area (Å²) in [5.41, 5.74) is 6.75. The smallest absolute Gasteiger partial charge is 0.337 e. The van der Waals surface area contributed by atoms with E-state index < -0.39 is 11.8 Å². The molecule has 19 heavy (non-hydrogen) atoms. The van der Waals surface area contributed by atoms with Gasteiger partial charge in [0.15, 0.2) is 0 Å². The Balaban J connectivity index is 2.42. The van der Waals surface area contributed by atoms with Gasteiger partial charge < -0.3 is 16.2 Å². The van der Waals surface area contributed by atoms with Crippen molar-refractivity contribution in [2.75, 3.05) is 11.1 Å². The third-order valence-corrected chi connectivity index (χ3v) is 2.81. The number of nitrogens with one attached hydrogen (secondary N) is 1. The summed E-state index contributed by atoms with van der Waals surface area (Å²) in [5, 5.41) is 11.9. The Hall–Kier alpha value is -2.27. The Morgan fingerprint density at radius 3 is 2.68 bits per heavy atom. The molecule has 4 nitrogen and oxygen atoms in total. The topological polar surface area (TPSA) is 75.4 Å². The number of anilines is 3. The number of nitrogen functional groups attached to an aromatic ring is 1. The van der Waals surface area contributed by atoms with E-state index >= 15 is 0 Å². The maximum Gasteiger partial charge on any atom is 0.337 e. The van der Waals surface area contributed by atoms with E-state index in [1.807, 2.05) is 0 Å². The molecule has 0 radical (unpaired) electrons. The van der Waals surface area contributed by atoms with Crippen molar-refractivity contribution in [1.29, 1.82) is 0 Å². The van der Waals surface area contributed by atoms with E-state index in [4.69, 9.17) is 22.4 Å². The summed E-state index contributed by atoms with van der Waals surface area (Å²) in [5.74, 6) is -1.66. The van der Waals surface area contributed by atoms with Gasteiger partial charge in [-0.05, 0) is 30.3 Å². The van der Waals surface area contributed by atoms with E-state index in [9.17, 15) is 9.18 Å². The Morgan fingerprint density at radius 2 is 2.05 bits per heavy atom. The van der Waals surface area contributed by atoms with Gasteiger partial charge in [-0.3, -0.25) is 0 Å². The summed E-state index contributed by atoms with van der Waals surface area (Å²) in [6.45, 7) is 0. The van der Waals surface area contributed by atoms with Crippen LogP contribution >= 0.6 is 11.6 Å². The van der Waals surface area contributed by atoms with Gasteiger partial charge in [-0.2, -0.15) is 0 Å². The third-order valence-electron chi connectivity index (χ3n) is 2.52. The highest BCUT2D eigenvalue weighted by molar-refractivity contribution is 6.31. The fourth-order valence-corrected chi connectivity index (χ4v) is 1.79. The molecule has 0 amide bonds. The van der Waals surface area contributed by atoms with E-state index in [0.717, 1.165) is 0 Å². The number of nitrogens with two attached hydrogens (primary N) is 1. The average Bonchev–Trinajstić information content (AvgIpc) is 2.36. The van der Waals surface area contributed by atoms with Gasteiger partial charge >= 0.3 is 5.97 Å². The van der Waals surface area contributed by atoms with Crippen molar-refractivity contribution in [3.05, 3.63) is 52.8 Å². The molecule has 0 saturated heterocycles. The van der Waals surface area contributed by atoms with Crippen molar-refractivity contribution in [1.82, 2.24) is 0 Å². The predicted octanol–water partition coefficient (Wildman–Crippen LogP) is 3.50. The van der Waals surface area contributed by atoms with Crippen LogP contribution in [-0.4, -0.2) is 11.1 Å². The molecule has 0 saturated carbocycles. The summed E-state index contributed by atoms with van der Waals surface area (Å²) in [6.07, 6.45) is 0. The number of hydrogen-bond acceptors (Lipinski definition) is 3. The van der Waals surface area contributed by atoms with Gasteiger partial charge in [0, 0.05) is 5.69 Å². The molecule has 0 aromatic heterocycles. The van der Waals surface area contributed by atoms with Crippen LogP contribution in [0.4, 0.5) is 21.5 Å². The first kappa shape index (κ1) is 13.2. The van der Waals surface area contributed by atoms with E-state index in [-0.39, 0.29) is 22.0 Å². The molecular weight excluding hydrogens is 271 g/mol. The fourth-order valence-electron chi connectivity index (χ4n) is 1.61. The summed E-state index contributed by atoms with van der Waals surface area (Å²) in [4.78, 5) is 11.1.